The molecule has 1 aromatic heterocycles. The van der Waals surface area contributed by atoms with Gasteiger partial charge in [0.1, 0.15) is 5.52 Å². The van der Waals surface area contributed by atoms with Crippen molar-refractivity contribution in [3.05, 3.63) is 29.2 Å². The normalized spacial score (nSPS) is 16.6. The van der Waals surface area contributed by atoms with Gasteiger partial charge < -0.3 is 9.73 Å². The number of hydrogen-bond donors (Lipinski definition) is 1. The van der Waals surface area contributed by atoms with E-state index < -0.39 is 11.8 Å². The van der Waals surface area contributed by atoms with Gasteiger partial charge in [-0.15, -0.1) is 0 Å². The van der Waals surface area contributed by atoms with E-state index >= 15 is 0 Å². The monoisotopic (exact) mass is 252 g/mol. The third-order valence-corrected chi connectivity index (χ3v) is 3.23. The molecule has 5 heteroatoms. The van der Waals surface area contributed by atoms with Gasteiger partial charge in [0.2, 0.25) is 0 Å². The Balaban J connectivity index is 2.12. The van der Waals surface area contributed by atoms with Gasteiger partial charge in [-0.25, -0.2) is 4.98 Å². The van der Waals surface area contributed by atoms with Crippen LogP contribution in [0.5, 0.6) is 0 Å². The SMILES string of the molecule is CC(F)(F)c1nc2cc3c(cc2o1)CCNCC3. The molecule has 2 aromatic rings. The Morgan fingerprint density at radius 3 is 2.56 bits per heavy atom. The minimum Gasteiger partial charge on any atom is -0.435 e. The highest BCUT2D eigenvalue weighted by Crippen LogP contribution is 2.30. The van der Waals surface area contributed by atoms with Crippen LogP contribution in [0.4, 0.5) is 8.78 Å². The third-order valence-electron chi connectivity index (χ3n) is 3.23. The van der Waals surface area contributed by atoms with Gasteiger partial charge in [-0.3, -0.25) is 0 Å². The molecule has 1 aliphatic rings. The fraction of sp³-hybridized carbons (Fsp3) is 0.462. The van der Waals surface area contributed by atoms with Crippen molar-refractivity contribution in [2.24, 2.45) is 0 Å². The Morgan fingerprint density at radius 1 is 1.22 bits per heavy atom. The molecule has 18 heavy (non-hydrogen) atoms. The smallest absolute Gasteiger partial charge is 0.319 e. The van der Waals surface area contributed by atoms with Crippen LogP contribution in [0.25, 0.3) is 11.1 Å². The molecule has 1 aliphatic heterocycles. The molecular weight excluding hydrogens is 238 g/mol. The summed E-state index contributed by atoms with van der Waals surface area (Å²) >= 11 is 0. The molecule has 1 aromatic carbocycles. The third kappa shape index (κ3) is 1.99. The van der Waals surface area contributed by atoms with Crippen LogP contribution in [0.1, 0.15) is 23.9 Å². The maximum absolute atomic E-state index is 13.2. The molecule has 0 fully saturated rings. The first kappa shape index (κ1) is 11.6. The molecule has 3 nitrogen and oxygen atoms in total. The molecule has 0 bridgehead atoms. The van der Waals surface area contributed by atoms with Crippen molar-refractivity contribution in [2.45, 2.75) is 25.7 Å². The maximum Gasteiger partial charge on any atom is 0.319 e. The van der Waals surface area contributed by atoms with E-state index in [1.165, 1.54) is 5.56 Å². The predicted molar refractivity (Wildman–Crippen MR) is 63.9 cm³/mol. The fourth-order valence-corrected chi connectivity index (χ4v) is 2.28. The number of benzene rings is 1. The molecule has 3 rings (SSSR count). The summed E-state index contributed by atoms with van der Waals surface area (Å²) in [6.07, 6.45) is 1.79. The summed E-state index contributed by atoms with van der Waals surface area (Å²) in [6, 6.07) is 3.72. The highest BCUT2D eigenvalue weighted by Gasteiger charge is 2.31. The summed E-state index contributed by atoms with van der Waals surface area (Å²) in [6.45, 7) is 2.61. The minimum absolute atomic E-state index is 0.451. The van der Waals surface area contributed by atoms with E-state index in [4.69, 9.17) is 4.42 Å². The number of nitrogens with one attached hydrogen (secondary N) is 1. The van der Waals surface area contributed by atoms with Crippen molar-refractivity contribution >= 4 is 11.1 Å². The van der Waals surface area contributed by atoms with Gasteiger partial charge in [-0.2, -0.15) is 8.78 Å². The van der Waals surface area contributed by atoms with Crippen molar-refractivity contribution in [3.63, 3.8) is 0 Å². The van der Waals surface area contributed by atoms with Crippen LogP contribution in [-0.4, -0.2) is 18.1 Å². The lowest BCUT2D eigenvalue weighted by Crippen LogP contribution is -2.16. The van der Waals surface area contributed by atoms with Gasteiger partial charge in [0.05, 0.1) is 0 Å². The van der Waals surface area contributed by atoms with Crippen molar-refractivity contribution in [2.75, 3.05) is 13.1 Å². The molecule has 96 valence electrons. The Bertz CT molecular complexity index is 543. The van der Waals surface area contributed by atoms with Crippen molar-refractivity contribution in [1.29, 1.82) is 0 Å². The molecule has 1 N–H and O–H groups in total. The van der Waals surface area contributed by atoms with Crippen LogP contribution in [-0.2, 0) is 18.8 Å². The second-order valence-electron chi connectivity index (χ2n) is 4.75. The van der Waals surface area contributed by atoms with Crippen LogP contribution in [0.15, 0.2) is 16.5 Å². The molecule has 0 amide bonds. The molecular formula is C13H14F2N2O. The second-order valence-corrected chi connectivity index (χ2v) is 4.75. The lowest BCUT2D eigenvalue weighted by atomic mass is 10.0. The average molecular weight is 252 g/mol. The van der Waals surface area contributed by atoms with Gasteiger partial charge >= 0.3 is 5.92 Å². The summed E-state index contributed by atoms with van der Waals surface area (Å²) in [5.41, 5.74) is 3.31. The summed E-state index contributed by atoms with van der Waals surface area (Å²) in [5, 5.41) is 3.31. The molecule has 0 saturated carbocycles. The largest absolute Gasteiger partial charge is 0.435 e. The van der Waals surface area contributed by atoms with Crippen LogP contribution in [0.3, 0.4) is 0 Å². The summed E-state index contributed by atoms with van der Waals surface area (Å²) in [5.74, 6) is -3.53. The Labute approximate surface area is 103 Å². The molecule has 0 spiro atoms. The van der Waals surface area contributed by atoms with E-state index in [0.717, 1.165) is 38.4 Å². The Morgan fingerprint density at radius 2 is 1.89 bits per heavy atom. The van der Waals surface area contributed by atoms with E-state index in [9.17, 15) is 8.78 Å². The highest BCUT2D eigenvalue weighted by atomic mass is 19.3. The number of halogens is 2. The van der Waals surface area contributed by atoms with Crippen LogP contribution in [0.2, 0.25) is 0 Å². The molecule has 0 radical (unpaired) electrons. The van der Waals surface area contributed by atoms with Crippen molar-refractivity contribution in [3.8, 4) is 0 Å². The fourth-order valence-electron chi connectivity index (χ4n) is 2.28. The zero-order valence-electron chi connectivity index (χ0n) is 10.1. The molecule has 0 saturated heterocycles. The van der Waals surface area contributed by atoms with Crippen LogP contribution < -0.4 is 5.32 Å². The van der Waals surface area contributed by atoms with Crippen molar-refractivity contribution < 1.29 is 13.2 Å². The highest BCUT2D eigenvalue weighted by molar-refractivity contribution is 5.75. The lowest BCUT2D eigenvalue weighted by Gasteiger charge is -2.03. The van der Waals surface area contributed by atoms with Gasteiger partial charge in [0.25, 0.3) is 5.89 Å². The van der Waals surface area contributed by atoms with E-state index in [1.807, 2.05) is 12.1 Å². The topological polar surface area (TPSA) is 38.1 Å². The molecule has 0 atom stereocenters. The lowest BCUT2D eigenvalue weighted by molar-refractivity contribution is -0.00937. The first-order valence-electron chi connectivity index (χ1n) is 6.05. The van der Waals surface area contributed by atoms with E-state index in [-0.39, 0.29) is 0 Å². The average Bonchev–Trinajstić information content (AvgIpc) is 2.57. The number of aromatic nitrogens is 1. The number of rotatable bonds is 1. The number of fused-ring (bicyclic) bond motifs is 2. The summed E-state index contributed by atoms with van der Waals surface area (Å²) < 4.78 is 31.5. The molecule has 0 aliphatic carbocycles. The number of nitrogens with zero attached hydrogens (tertiary/aromatic N) is 1. The number of alkyl halides is 2. The van der Waals surface area contributed by atoms with Gasteiger partial charge in [-0.05, 0) is 49.2 Å². The second kappa shape index (κ2) is 4.02. The van der Waals surface area contributed by atoms with E-state index in [2.05, 4.69) is 10.3 Å². The Hall–Kier alpha value is -1.49. The molecule has 0 unspecified atom stereocenters. The van der Waals surface area contributed by atoms with E-state index in [1.54, 1.807) is 0 Å². The quantitative estimate of drug-likeness (QED) is 0.847. The number of oxazole rings is 1. The van der Waals surface area contributed by atoms with Gasteiger partial charge in [0, 0.05) is 6.92 Å². The maximum atomic E-state index is 13.2. The van der Waals surface area contributed by atoms with Crippen LogP contribution >= 0.6 is 0 Å². The minimum atomic E-state index is -3.03. The van der Waals surface area contributed by atoms with Crippen molar-refractivity contribution in [1.82, 2.24) is 10.3 Å². The Kier molecular flexibility index (Phi) is 2.59. The molecule has 2 heterocycles. The first-order chi connectivity index (χ1) is 8.54. The van der Waals surface area contributed by atoms with Gasteiger partial charge in [0.15, 0.2) is 5.58 Å². The first-order valence-corrected chi connectivity index (χ1v) is 6.05. The van der Waals surface area contributed by atoms with E-state index in [0.29, 0.717) is 11.1 Å². The van der Waals surface area contributed by atoms with Gasteiger partial charge in [-0.1, -0.05) is 0 Å². The summed E-state index contributed by atoms with van der Waals surface area (Å²) in [7, 11) is 0. The standard InChI is InChI=1S/C13H14F2N2O/c1-13(14,15)12-17-10-6-8-2-4-16-5-3-9(8)7-11(10)18-12/h6-7,16H,2-5H2,1H3. The summed E-state index contributed by atoms with van der Waals surface area (Å²) in [4.78, 5) is 3.89. The zero-order chi connectivity index (χ0) is 12.8. The predicted octanol–water partition coefficient (Wildman–Crippen LogP) is 2.63. The number of hydrogen-bond acceptors (Lipinski definition) is 3. The van der Waals surface area contributed by atoms with Crippen LogP contribution in [0, 0.1) is 0 Å². The zero-order valence-corrected chi connectivity index (χ0v) is 10.1.